The van der Waals surface area contributed by atoms with E-state index in [1.54, 1.807) is 0 Å². The zero-order valence-electron chi connectivity index (χ0n) is 12.9. The van der Waals surface area contributed by atoms with E-state index in [0.29, 0.717) is 29.5 Å². The predicted octanol–water partition coefficient (Wildman–Crippen LogP) is 3.51. The van der Waals surface area contributed by atoms with Gasteiger partial charge in [-0.15, -0.1) is 0 Å². The number of nitrogens with zero attached hydrogens (tertiary/aromatic N) is 2. The highest BCUT2D eigenvalue weighted by Crippen LogP contribution is 2.23. The zero-order valence-corrected chi connectivity index (χ0v) is 13.7. The minimum atomic E-state index is -2.35. The summed E-state index contributed by atoms with van der Waals surface area (Å²) in [5.41, 5.74) is 0. The molecule has 0 unspecified atom stereocenters. The number of furan rings is 1. The van der Waals surface area contributed by atoms with Crippen LogP contribution in [0.2, 0.25) is 0 Å². The minimum Gasteiger partial charge on any atom is -0.464 e. The fourth-order valence-electron chi connectivity index (χ4n) is 2.75. The molecule has 0 amide bonds. The highest BCUT2D eigenvalue weighted by Gasteiger charge is 2.28. The largest absolute Gasteiger partial charge is 0.464 e. The van der Waals surface area contributed by atoms with Gasteiger partial charge in [-0.1, -0.05) is 25.6 Å². The van der Waals surface area contributed by atoms with Gasteiger partial charge in [-0.05, 0) is 25.1 Å². The molecule has 1 aromatic heterocycles. The first-order chi connectivity index (χ1) is 9.95. The van der Waals surface area contributed by atoms with Gasteiger partial charge < -0.3 is 9.32 Å². The summed E-state index contributed by atoms with van der Waals surface area (Å²) >= 11 is 0.602. The first-order valence-electron chi connectivity index (χ1n) is 7.35. The van der Waals surface area contributed by atoms with Crippen molar-refractivity contribution >= 4 is 11.8 Å². The van der Waals surface area contributed by atoms with Gasteiger partial charge in [-0.3, -0.25) is 4.90 Å². The lowest BCUT2D eigenvalue weighted by atomic mass is 9.99. The van der Waals surface area contributed by atoms with Gasteiger partial charge in [0.25, 0.3) is 5.76 Å². The molecule has 120 valence electrons. The molecule has 0 spiro atoms. The summed E-state index contributed by atoms with van der Waals surface area (Å²) in [6.07, 6.45) is 0. The number of piperazine rings is 1. The Labute approximate surface area is 129 Å². The summed E-state index contributed by atoms with van der Waals surface area (Å²) in [6.45, 7) is 8.37. The summed E-state index contributed by atoms with van der Waals surface area (Å²) in [5, 5.41) is 0. The number of alkyl halides is 2. The van der Waals surface area contributed by atoms with Crippen LogP contribution >= 0.6 is 11.8 Å². The van der Waals surface area contributed by atoms with Gasteiger partial charge in [0.15, 0.2) is 0 Å². The summed E-state index contributed by atoms with van der Waals surface area (Å²) < 4.78 is 30.1. The lowest BCUT2D eigenvalue weighted by Crippen LogP contribution is -2.53. The highest BCUT2D eigenvalue weighted by molar-refractivity contribution is 7.98. The van der Waals surface area contributed by atoms with Gasteiger partial charge in [-0.2, -0.15) is 8.78 Å². The van der Waals surface area contributed by atoms with Gasteiger partial charge >= 0.3 is 0 Å². The maximum absolute atomic E-state index is 12.2. The SMILES string of the molecule is CC(C)[C@@H]1CN(C)CCN1Cc1ccc(CSC(F)F)o1. The quantitative estimate of drug-likeness (QED) is 0.799. The molecule has 1 aliphatic heterocycles. The van der Waals surface area contributed by atoms with Gasteiger partial charge in [0.1, 0.15) is 11.5 Å². The maximum atomic E-state index is 12.2. The topological polar surface area (TPSA) is 19.6 Å². The van der Waals surface area contributed by atoms with Crippen molar-refractivity contribution in [2.24, 2.45) is 5.92 Å². The summed E-state index contributed by atoms with van der Waals surface area (Å²) in [5.74, 6) is -0.0349. The van der Waals surface area contributed by atoms with Crippen LogP contribution in [0.3, 0.4) is 0 Å². The fourth-order valence-corrected chi connectivity index (χ4v) is 3.20. The van der Waals surface area contributed by atoms with Gasteiger partial charge in [-0.25, -0.2) is 0 Å². The number of halogens is 2. The van der Waals surface area contributed by atoms with E-state index in [4.69, 9.17) is 4.42 Å². The first kappa shape index (κ1) is 16.8. The van der Waals surface area contributed by atoms with Gasteiger partial charge in [0, 0.05) is 25.7 Å². The second-order valence-electron chi connectivity index (χ2n) is 5.98. The van der Waals surface area contributed by atoms with E-state index in [1.165, 1.54) is 0 Å². The molecule has 21 heavy (non-hydrogen) atoms. The fraction of sp³-hybridized carbons (Fsp3) is 0.733. The maximum Gasteiger partial charge on any atom is 0.284 e. The molecule has 0 N–H and O–H groups in total. The molecule has 0 aliphatic carbocycles. The molecule has 6 heteroatoms. The van der Waals surface area contributed by atoms with E-state index in [0.717, 1.165) is 31.9 Å². The van der Waals surface area contributed by atoms with Crippen LogP contribution in [-0.2, 0) is 12.3 Å². The van der Waals surface area contributed by atoms with E-state index >= 15 is 0 Å². The molecule has 0 aromatic carbocycles. The van der Waals surface area contributed by atoms with Crippen molar-refractivity contribution in [1.82, 2.24) is 9.80 Å². The van der Waals surface area contributed by atoms with Crippen LogP contribution in [-0.4, -0.2) is 48.3 Å². The van der Waals surface area contributed by atoms with Crippen molar-refractivity contribution < 1.29 is 13.2 Å². The Hall–Kier alpha value is -0.590. The second kappa shape index (κ2) is 7.61. The Morgan fingerprint density at radius 2 is 2.00 bits per heavy atom. The third-order valence-electron chi connectivity index (χ3n) is 3.93. The van der Waals surface area contributed by atoms with Crippen LogP contribution in [0.15, 0.2) is 16.5 Å². The predicted molar refractivity (Wildman–Crippen MR) is 82.5 cm³/mol. The minimum absolute atomic E-state index is 0.230. The van der Waals surface area contributed by atoms with Crippen LogP contribution in [0.5, 0.6) is 0 Å². The molecule has 0 bridgehead atoms. The number of likely N-dealkylation sites (N-methyl/N-ethyl adjacent to an activating group) is 1. The second-order valence-corrected chi connectivity index (χ2v) is 6.96. The Balaban J connectivity index is 1.93. The number of rotatable bonds is 6. The molecule has 0 saturated carbocycles. The molecular formula is C15H24F2N2OS. The standard InChI is InChI=1S/C15H24F2N2OS/c1-11(2)14-9-18(3)6-7-19(14)8-12-4-5-13(20-12)10-21-15(16)17/h4-5,11,14-15H,6-10H2,1-3H3/t14-/m0/s1. The molecule has 2 rings (SSSR count). The molecule has 1 fully saturated rings. The van der Waals surface area contributed by atoms with Crippen LogP contribution in [0.25, 0.3) is 0 Å². The van der Waals surface area contributed by atoms with Crippen LogP contribution in [0.1, 0.15) is 25.4 Å². The van der Waals surface area contributed by atoms with Crippen molar-refractivity contribution in [2.75, 3.05) is 26.7 Å². The normalized spacial score (nSPS) is 21.6. The number of thioether (sulfide) groups is 1. The Bertz CT molecular complexity index is 439. The Morgan fingerprint density at radius 1 is 1.29 bits per heavy atom. The van der Waals surface area contributed by atoms with E-state index in [1.807, 2.05) is 12.1 Å². The molecule has 2 heterocycles. The third kappa shape index (κ3) is 4.97. The van der Waals surface area contributed by atoms with E-state index in [2.05, 4.69) is 30.7 Å². The molecule has 1 aromatic rings. The molecule has 3 nitrogen and oxygen atoms in total. The molecule has 0 radical (unpaired) electrons. The van der Waals surface area contributed by atoms with Gasteiger partial charge in [0.05, 0.1) is 12.3 Å². The van der Waals surface area contributed by atoms with Crippen molar-refractivity contribution in [3.8, 4) is 0 Å². The lowest BCUT2D eigenvalue weighted by molar-refractivity contribution is 0.0518. The van der Waals surface area contributed by atoms with Crippen molar-refractivity contribution in [1.29, 1.82) is 0 Å². The smallest absolute Gasteiger partial charge is 0.284 e. The summed E-state index contributed by atoms with van der Waals surface area (Å²) in [7, 11) is 2.15. The molecule has 1 saturated heterocycles. The Kier molecular flexibility index (Phi) is 6.08. The van der Waals surface area contributed by atoms with E-state index in [9.17, 15) is 8.78 Å². The Morgan fingerprint density at radius 3 is 2.67 bits per heavy atom. The van der Waals surface area contributed by atoms with Crippen molar-refractivity contribution in [3.63, 3.8) is 0 Å². The zero-order chi connectivity index (χ0) is 15.4. The van der Waals surface area contributed by atoms with Crippen LogP contribution in [0, 0.1) is 5.92 Å². The average Bonchev–Trinajstić information content (AvgIpc) is 2.86. The van der Waals surface area contributed by atoms with Crippen molar-refractivity contribution in [3.05, 3.63) is 23.7 Å². The summed E-state index contributed by atoms with van der Waals surface area (Å²) in [4.78, 5) is 4.79. The van der Waals surface area contributed by atoms with Gasteiger partial charge in [0.2, 0.25) is 0 Å². The van der Waals surface area contributed by atoms with E-state index in [-0.39, 0.29) is 5.75 Å². The van der Waals surface area contributed by atoms with E-state index < -0.39 is 5.76 Å². The highest BCUT2D eigenvalue weighted by atomic mass is 32.2. The monoisotopic (exact) mass is 318 g/mol. The number of hydrogen-bond acceptors (Lipinski definition) is 4. The van der Waals surface area contributed by atoms with Crippen molar-refractivity contribution in [2.45, 2.75) is 37.9 Å². The van der Waals surface area contributed by atoms with Crippen LogP contribution in [0.4, 0.5) is 8.78 Å². The lowest BCUT2D eigenvalue weighted by Gasteiger charge is -2.41. The summed E-state index contributed by atoms with van der Waals surface area (Å²) in [6, 6.07) is 4.23. The molecule has 1 atom stereocenters. The average molecular weight is 318 g/mol. The molecule has 1 aliphatic rings. The van der Waals surface area contributed by atoms with Crippen LogP contribution < -0.4 is 0 Å². The first-order valence-corrected chi connectivity index (χ1v) is 8.40. The third-order valence-corrected chi connectivity index (χ3v) is 4.64. The number of hydrogen-bond donors (Lipinski definition) is 0. The molecular weight excluding hydrogens is 294 g/mol.